The van der Waals surface area contributed by atoms with E-state index in [1.807, 2.05) is 13.8 Å². The lowest BCUT2D eigenvalue weighted by atomic mass is 10.0. The third kappa shape index (κ3) is 34.6. The maximum Gasteiger partial charge on any atom is 0.134 e. The topological polar surface area (TPSA) is 18.5 Å². The summed E-state index contributed by atoms with van der Waals surface area (Å²) in [5.74, 6) is -0.231. The third-order valence-electron chi connectivity index (χ3n) is 6.08. The lowest BCUT2D eigenvalue weighted by molar-refractivity contribution is -0.890. The molecule has 0 amide bonds. The van der Waals surface area contributed by atoms with Gasteiger partial charge in [0.25, 0.3) is 0 Å². The van der Waals surface area contributed by atoms with Crippen molar-refractivity contribution in [2.24, 2.45) is 0 Å². The Morgan fingerprint density at radius 1 is 0.515 bits per heavy atom. The lowest BCUT2D eigenvalue weighted by Gasteiger charge is -2.29. The van der Waals surface area contributed by atoms with Crippen LogP contribution in [0.5, 0.6) is 0 Å². The van der Waals surface area contributed by atoms with Crippen molar-refractivity contribution in [1.82, 2.24) is 0 Å². The minimum absolute atomic E-state index is 0. The molecule has 0 aromatic rings. The van der Waals surface area contributed by atoms with Crippen LogP contribution in [0.4, 0.5) is 0 Å². The zero-order valence-corrected chi connectivity index (χ0v) is 25.3. The van der Waals surface area contributed by atoms with Crippen molar-refractivity contribution in [3.05, 3.63) is 0 Å². The molecule has 0 aliphatic rings. The van der Waals surface area contributed by atoms with E-state index in [0.717, 1.165) is 0 Å². The van der Waals surface area contributed by atoms with Crippen molar-refractivity contribution in [2.75, 3.05) is 40.4 Å². The van der Waals surface area contributed by atoms with E-state index in [0.29, 0.717) is 13.2 Å². The van der Waals surface area contributed by atoms with Gasteiger partial charge in [0, 0.05) is 13.2 Å². The van der Waals surface area contributed by atoms with Crippen LogP contribution in [-0.4, -0.2) is 61.0 Å². The zero-order valence-electron chi connectivity index (χ0n) is 23.6. The van der Waals surface area contributed by atoms with E-state index in [2.05, 4.69) is 38.2 Å². The molecule has 0 saturated heterocycles. The molecule has 5 heteroatoms. The van der Waals surface area contributed by atoms with Crippen molar-refractivity contribution in [2.45, 2.75) is 143 Å². The molecule has 0 rings (SSSR count). The molecule has 0 atom stereocenters. The van der Waals surface area contributed by atoms with E-state index in [1.165, 1.54) is 127 Å². The van der Waals surface area contributed by atoms with Gasteiger partial charge in [-0.05, 0) is 33.1 Å². The first-order chi connectivity index (χ1) is 15.4. The van der Waals surface area contributed by atoms with Gasteiger partial charge < -0.3 is 26.4 Å². The van der Waals surface area contributed by atoms with Crippen LogP contribution in [-0.2, 0) is 9.47 Å². The van der Waals surface area contributed by atoms with Crippen molar-refractivity contribution < 1.29 is 26.4 Å². The molecule has 0 N–H and O–H groups in total. The molecule has 3 nitrogen and oxygen atoms in total. The first-order valence-electron chi connectivity index (χ1n) is 14.2. The minimum Gasteiger partial charge on any atom is -1.00 e. The quantitative estimate of drug-likeness (QED) is 0.0815. The fourth-order valence-corrected chi connectivity index (χ4v) is 4.49. The fraction of sp³-hybridized carbons (Fsp3) is 1.00. The van der Waals surface area contributed by atoms with Gasteiger partial charge in [-0.2, -0.15) is 0 Å². The lowest BCUT2D eigenvalue weighted by Crippen LogP contribution is -3.00. The Balaban J connectivity index is -0.000000851. The molecule has 0 bridgehead atoms. The Labute approximate surface area is 219 Å². The van der Waals surface area contributed by atoms with Crippen LogP contribution in [0.25, 0.3) is 0 Å². The Kier molecular flexibility index (Phi) is 35.0. The second-order valence-electron chi connectivity index (χ2n) is 9.93. The van der Waals surface area contributed by atoms with Gasteiger partial charge in [-0.15, -0.1) is 0 Å². The van der Waals surface area contributed by atoms with Gasteiger partial charge in [0.15, 0.2) is 0 Å². The average Bonchev–Trinajstić information content (AvgIpc) is 2.74. The summed E-state index contributed by atoms with van der Waals surface area (Å²) < 4.78 is 11.2. The predicted molar refractivity (Wildman–Crippen MR) is 144 cm³/mol. The molecule has 0 aliphatic heterocycles. The van der Waals surface area contributed by atoms with E-state index >= 15 is 0 Å². The Bertz CT molecular complexity index is 340. The Morgan fingerprint density at radius 2 is 0.848 bits per heavy atom. The van der Waals surface area contributed by atoms with Crippen LogP contribution in [0.2, 0.25) is 0 Å². The van der Waals surface area contributed by atoms with E-state index in [4.69, 9.17) is 9.47 Å². The number of halogens is 1. The monoisotopic (exact) mass is 506 g/mol. The van der Waals surface area contributed by atoms with E-state index < -0.39 is 0 Å². The van der Waals surface area contributed by atoms with Crippen molar-refractivity contribution in [3.63, 3.8) is 0 Å². The molecule has 201 valence electrons. The maximum absolute atomic E-state index is 4.97. The van der Waals surface area contributed by atoms with Crippen molar-refractivity contribution >= 4 is 10.2 Å². The highest BCUT2D eigenvalue weighted by Gasteiger charge is 2.11. The van der Waals surface area contributed by atoms with Crippen molar-refractivity contribution in [1.29, 1.82) is 0 Å². The normalized spacial score (nSPS) is 11.3. The number of ether oxygens (including phenoxy) is 2. The molecule has 0 aromatic heterocycles. The minimum atomic E-state index is -0.231. The molecular weight excluding hydrogens is 446 g/mol. The molecule has 0 aliphatic carbocycles. The number of hydrogen-bond donors (Lipinski definition) is 0. The highest BCUT2D eigenvalue weighted by molar-refractivity contribution is 6.10. The van der Waals surface area contributed by atoms with Gasteiger partial charge >= 0.3 is 0 Å². The largest absolute Gasteiger partial charge is 1.00 e. The first kappa shape index (κ1) is 37.9. The first-order valence-corrected chi connectivity index (χ1v) is 14.8. The molecular formula is C28H61ClNO2Si. The van der Waals surface area contributed by atoms with Crippen LogP contribution in [0.3, 0.4) is 0 Å². The van der Waals surface area contributed by atoms with Gasteiger partial charge in [0.05, 0.1) is 27.2 Å². The van der Waals surface area contributed by atoms with Crippen LogP contribution in [0, 0.1) is 0 Å². The molecule has 3 radical (unpaired) electrons. The molecule has 0 heterocycles. The van der Waals surface area contributed by atoms with E-state index in [1.54, 1.807) is 0 Å². The summed E-state index contributed by atoms with van der Waals surface area (Å²) in [6.07, 6.45) is 24.7. The van der Waals surface area contributed by atoms with Crippen molar-refractivity contribution in [3.8, 4) is 0 Å². The Morgan fingerprint density at radius 3 is 1.15 bits per heavy atom. The zero-order chi connectivity index (χ0) is 24.3. The number of rotatable bonds is 23. The smallest absolute Gasteiger partial charge is 0.134 e. The summed E-state index contributed by atoms with van der Waals surface area (Å²) in [6.45, 7) is 12.5. The molecule has 33 heavy (non-hydrogen) atoms. The van der Waals surface area contributed by atoms with Gasteiger partial charge in [-0.1, -0.05) is 104 Å². The Hall–Kier alpha value is 0.387. The van der Waals surface area contributed by atoms with E-state index in [9.17, 15) is 0 Å². The predicted octanol–water partition coefficient (Wildman–Crippen LogP) is 5.25. The van der Waals surface area contributed by atoms with Gasteiger partial charge in [-0.3, -0.25) is 0 Å². The standard InChI is InChI=1S/C23H50N.C5H11O2Si.ClH/c1-5-7-8-9-10-11-12-13-14-15-16-17-18-19-20-21-23-24(3,4)22-6-2;1-3-6-5(8)7-4-2;/h5-23H2,1-4H3;5H,3-4H2,1-2H3;1H/q+1;;/p-1. The molecule has 0 unspecified atom stereocenters. The molecule has 0 spiro atoms. The average molecular weight is 507 g/mol. The van der Waals surface area contributed by atoms with Gasteiger partial charge in [0.2, 0.25) is 0 Å². The summed E-state index contributed by atoms with van der Waals surface area (Å²) in [6, 6.07) is 0. The highest BCUT2D eigenvalue weighted by atomic mass is 35.5. The van der Waals surface area contributed by atoms with Crippen LogP contribution < -0.4 is 12.4 Å². The van der Waals surface area contributed by atoms with Gasteiger partial charge in [-0.25, -0.2) is 0 Å². The number of hydrogen-bond acceptors (Lipinski definition) is 2. The van der Waals surface area contributed by atoms with Crippen LogP contribution in [0.15, 0.2) is 0 Å². The summed E-state index contributed by atoms with van der Waals surface area (Å²) in [5, 5.41) is 0. The maximum atomic E-state index is 4.97. The number of nitrogens with zero attached hydrogens (tertiary/aromatic N) is 1. The SMILES string of the molecule is CCCCCCCCCCCCCCCCCC[N+](C)(C)CCC.CCOC([Si])OCC.[Cl-]. The fourth-order valence-electron chi connectivity index (χ4n) is 4.16. The second-order valence-corrected chi connectivity index (χ2v) is 10.4. The summed E-state index contributed by atoms with van der Waals surface area (Å²) in [7, 11) is 7.97. The number of unbranched alkanes of at least 4 members (excludes halogenated alkanes) is 15. The molecule has 0 aromatic carbocycles. The summed E-state index contributed by atoms with van der Waals surface area (Å²) >= 11 is 0. The number of quaternary nitrogens is 1. The second kappa shape index (κ2) is 30.4. The van der Waals surface area contributed by atoms with E-state index in [-0.39, 0.29) is 18.3 Å². The third-order valence-corrected chi connectivity index (χ3v) is 6.42. The summed E-state index contributed by atoms with van der Waals surface area (Å²) in [4.78, 5) is 0. The summed E-state index contributed by atoms with van der Waals surface area (Å²) in [5.41, 5.74) is 0. The highest BCUT2D eigenvalue weighted by Crippen LogP contribution is 2.14. The van der Waals surface area contributed by atoms with Crippen LogP contribution >= 0.6 is 0 Å². The van der Waals surface area contributed by atoms with Gasteiger partial charge in [0.1, 0.15) is 16.2 Å². The molecule has 0 fully saturated rings. The van der Waals surface area contributed by atoms with Crippen LogP contribution in [0.1, 0.15) is 137 Å². The molecule has 0 saturated carbocycles.